The Morgan fingerprint density at radius 1 is 0.788 bits per heavy atom. The van der Waals surface area contributed by atoms with E-state index in [0.29, 0.717) is 32.3 Å². The number of benzene rings is 2. The number of ketones is 1. The number of hydrogen-bond donors (Lipinski definition) is 0. The number of Topliss-reactive ketones (excluding diaryl/α,β-unsaturated/α-hetero) is 1. The fourth-order valence-corrected chi connectivity index (χ4v) is 4.82. The first-order valence-electron chi connectivity index (χ1n) is 12.0. The predicted octanol–water partition coefficient (Wildman–Crippen LogP) is 3.78. The Morgan fingerprint density at radius 2 is 1.30 bits per heavy atom. The molecular weight excluding hydrogens is 416 g/mol. The van der Waals surface area contributed by atoms with Crippen LogP contribution in [0.2, 0.25) is 0 Å². The molecule has 4 rings (SSSR count). The van der Waals surface area contributed by atoms with E-state index >= 15 is 0 Å². The predicted molar refractivity (Wildman–Crippen MR) is 129 cm³/mol. The van der Waals surface area contributed by atoms with E-state index in [1.807, 2.05) is 24.3 Å². The highest BCUT2D eigenvalue weighted by Crippen LogP contribution is 2.33. The number of hydrogen-bond acceptors (Lipinski definition) is 6. The average Bonchev–Trinajstić information content (AvgIpc) is 2.88. The van der Waals surface area contributed by atoms with Crippen LogP contribution in [0, 0.1) is 0 Å². The molecule has 0 N–H and O–H groups in total. The van der Waals surface area contributed by atoms with Crippen LogP contribution in [0.5, 0.6) is 5.75 Å². The van der Waals surface area contributed by atoms with Gasteiger partial charge in [0.25, 0.3) is 0 Å². The molecule has 0 saturated carbocycles. The fourth-order valence-electron chi connectivity index (χ4n) is 4.82. The number of carbonyl (C=O) groups excluding carboxylic acids is 1. The molecule has 0 spiro atoms. The van der Waals surface area contributed by atoms with Gasteiger partial charge in [0.15, 0.2) is 5.78 Å². The molecule has 0 aliphatic carbocycles. The summed E-state index contributed by atoms with van der Waals surface area (Å²) >= 11 is 0. The largest absolute Gasteiger partial charge is 0.497 e. The second-order valence-electron chi connectivity index (χ2n) is 9.10. The van der Waals surface area contributed by atoms with Crippen molar-refractivity contribution in [3.63, 3.8) is 0 Å². The van der Waals surface area contributed by atoms with Gasteiger partial charge in [-0.05, 0) is 29.2 Å². The van der Waals surface area contributed by atoms with Crippen LogP contribution in [-0.4, -0.2) is 81.3 Å². The van der Waals surface area contributed by atoms with Crippen LogP contribution in [-0.2, 0) is 9.47 Å². The number of methoxy groups -OCH3 is 1. The fraction of sp³-hybridized carbons (Fsp3) is 0.519. The summed E-state index contributed by atoms with van der Waals surface area (Å²) in [5.74, 6) is 1.42. The minimum absolute atomic E-state index is 0.0739. The molecule has 2 aromatic carbocycles. The van der Waals surface area contributed by atoms with Crippen molar-refractivity contribution in [3.8, 4) is 5.75 Å². The highest BCUT2D eigenvalue weighted by atomic mass is 16.5. The lowest BCUT2D eigenvalue weighted by Gasteiger charge is -2.44. The lowest BCUT2D eigenvalue weighted by Crippen LogP contribution is -2.55. The van der Waals surface area contributed by atoms with Crippen molar-refractivity contribution < 1.29 is 19.0 Å². The molecule has 6 nitrogen and oxygen atoms in total. The molecule has 2 fully saturated rings. The standard InChI is InChI=1S/C27H36N2O4/c1-20(2)21-4-6-23(7-5-21)27(30)26(29-14-18-33-19-15-29)25(28-12-16-32-17-13-28)22-8-10-24(31-3)11-9-22/h4-11,20,25-26H,12-19H2,1-3H3/t25-,26+/m0/s1. The van der Waals surface area contributed by atoms with Gasteiger partial charge in [-0.1, -0.05) is 50.2 Å². The Balaban J connectivity index is 1.74. The zero-order valence-corrected chi connectivity index (χ0v) is 20.0. The molecule has 0 aromatic heterocycles. The van der Waals surface area contributed by atoms with Crippen LogP contribution in [0.4, 0.5) is 0 Å². The summed E-state index contributed by atoms with van der Waals surface area (Å²) in [7, 11) is 1.68. The van der Waals surface area contributed by atoms with Crippen molar-refractivity contribution in [3.05, 3.63) is 65.2 Å². The van der Waals surface area contributed by atoms with Crippen LogP contribution in [0.15, 0.2) is 48.5 Å². The molecule has 0 radical (unpaired) electrons. The van der Waals surface area contributed by atoms with E-state index in [1.54, 1.807) is 7.11 Å². The zero-order valence-electron chi connectivity index (χ0n) is 20.0. The summed E-state index contributed by atoms with van der Waals surface area (Å²) in [6.45, 7) is 10.1. The second-order valence-corrected chi connectivity index (χ2v) is 9.10. The van der Waals surface area contributed by atoms with Crippen molar-refractivity contribution in [1.82, 2.24) is 9.80 Å². The second kappa shape index (κ2) is 11.3. The molecule has 2 aliphatic rings. The first kappa shape index (κ1) is 23.9. The highest BCUT2D eigenvalue weighted by Gasteiger charge is 2.39. The summed E-state index contributed by atoms with van der Waals surface area (Å²) in [5, 5.41) is 0. The maximum absolute atomic E-state index is 14.1. The van der Waals surface area contributed by atoms with Gasteiger partial charge >= 0.3 is 0 Å². The molecule has 33 heavy (non-hydrogen) atoms. The van der Waals surface area contributed by atoms with Gasteiger partial charge in [0.1, 0.15) is 5.75 Å². The number of morpholine rings is 2. The lowest BCUT2D eigenvalue weighted by molar-refractivity contribution is -0.0301. The first-order chi connectivity index (χ1) is 16.1. The lowest BCUT2D eigenvalue weighted by atomic mass is 9.88. The van der Waals surface area contributed by atoms with E-state index < -0.39 is 0 Å². The third-order valence-electron chi connectivity index (χ3n) is 6.77. The molecule has 2 atom stereocenters. The van der Waals surface area contributed by atoms with Crippen molar-refractivity contribution in [2.75, 3.05) is 59.7 Å². The molecule has 6 heteroatoms. The Bertz CT molecular complexity index is 885. The van der Waals surface area contributed by atoms with Crippen LogP contribution >= 0.6 is 0 Å². The van der Waals surface area contributed by atoms with E-state index in [9.17, 15) is 4.79 Å². The minimum Gasteiger partial charge on any atom is -0.497 e. The molecule has 0 bridgehead atoms. The Kier molecular flexibility index (Phi) is 8.15. The monoisotopic (exact) mass is 452 g/mol. The quantitative estimate of drug-likeness (QED) is 0.569. The first-order valence-corrected chi connectivity index (χ1v) is 12.0. The summed E-state index contributed by atoms with van der Waals surface area (Å²) in [5.41, 5.74) is 3.14. The van der Waals surface area contributed by atoms with E-state index in [-0.39, 0.29) is 17.9 Å². The van der Waals surface area contributed by atoms with Crippen molar-refractivity contribution in [2.45, 2.75) is 31.8 Å². The van der Waals surface area contributed by atoms with Crippen LogP contribution in [0.3, 0.4) is 0 Å². The van der Waals surface area contributed by atoms with Crippen LogP contribution < -0.4 is 4.74 Å². The molecular formula is C27H36N2O4. The molecule has 178 valence electrons. The zero-order chi connectivity index (χ0) is 23.2. The molecule has 0 unspecified atom stereocenters. The third-order valence-corrected chi connectivity index (χ3v) is 6.77. The number of nitrogens with zero attached hydrogens (tertiary/aromatic N) is 2. The summed E-state index contributed by atoms with van der Waals surface area (Å²) in [6, 6.07) is 16.0. The summed E-state index contributed by atoms with van der Waals surface area (Å²) in [6.07, 6.45) is 0. The number of rotatable bonds is 8. The molecule has 0 amide bonds. The Morgan fingerprint density at radius 3 is 1.82 bits per heavy atom. The van der Waals surface area contributed by atoms with Crippen molar-refractivity contribution >= 4 is 5.78 Å². The maximum Gasteiger partial charge on any atom is 0.181 e. The summed E-state index contributed by atoms with van der Waals surface area (Å²) < 4.78 is 16.7. The molecule has 2 aliphatic heterocycles. The van der Waals surface area contributed by atoms with Gasteiger partial charge in [0.2, 0.25) is 0 Å². The maximum atomic E-state index is 14.1. The van der Waals surface area contributed by atoms with Gasteiger partial charge in [0.05, 0.1) is 45.6 Å². The molecule has 2 heterocycles. The van der Waals surface area contributed by atoms with Gasteiger partial charge in [-0.25, -0.2) is 0 Å². The van der Waals surface area contributed by atoms with E-state index in [4.69, 9.17) is 14.2 Å². The van der Waals surface area contributed by atoms with Crippen LogP contribution in [0.1, 0.15) is 47.3 Å². The van der Waals surface area contributed by atoms with Crippen molar-refractivity contribution in [1.29, 1.82) is 0 Å². The summed E-state index contributed by atoms with van der Waals surface area (Å²) in [4.78, 5) is 18.9. The smallest absolute Gasteiger partial charge is 0.181 e. The normalized spacial score (nSPS) is 19.9. The van der Waals surface area contributed by atoms with Gasteiger partial charge in [0, 0.05) is 31.7 Å². The SMILES string of the molecule is COc1ccc([C@@H]([C@H](C(=O)c2ccc(C(C)C)cc2)N2CCOCC2)N2CCOCC2)cc1. The number of carbonyl (C=O) groups is 1. The average molecular weight is 453 g/mol. The van der Waals surface area contributed by atoms with Gasteiger partial charge in [-0.3, -0.25) is 14.6 Å². The molecule has 2 saturated heterocycles. The van der Waals surface area contributed by atoms with E-state index in [1.165, 1.54) is 5.56 Å². The van der Waals surface area contributed by atoms with E-state index in [2.05, 4.69) is 47.9 Å². The molecule has 2 aromatic rings. The number of ether oxygens (including phenoxy) is 3. The van der Waals surface area contributed by atoms with Crippen LogP contribution in [0.25, 0.3) is 0 Å². The Labute approximate surface area is 197 Å². The van der Waals surface area contributed by atoms with E-state index in [0.717, 1.165) is 43.1 Å². The Hall–Kier alpha value is -2.25. The minimum atomic E-state index is -0.301. The topological polar surface area (TPSA) is 51.2 Å². The van der Waals surface area contributed by atoms with Crippen molar-refractivity contribution in [2.24, 2.45) is 0 Å². The highest BCUT2D eigenvalue weighted by molar-refractivity contribution is 6.00. The van der Waals surface area contributed by atoms with Gasteiger partial charge < -0.3 is 14.2 Å². The van der Waals surface area contributed by atoms with Gasteiger partial charge in [-0.2, -0.15) is 0 Å². The van der Waals surface area contributed by atoms with Gasteiger partial charge in [-0.15, -0.1) is 0 Å². The third kappa shape index (κ3) is 5.64.